The van der Waals surface area contributed by atoms with Crippen LogP contribution in [0.3, 0.4) is 0 Å². The summed E-state index contributed by atoms with van der Waals surface area (Å²) in [6.07, 6.45) is 1.29. The van der Waals surface area contributed by atoms with E-state index in [1.165, 1.54) is 0 Å². The van der Waals surface area contributed by atoms with Crippen LogP contribution in [-0.4, -0.2) is 23.3 Å². The summed E-state index contributed by atoms with van der Waals surface area (Å²) in [5.41, 5.74) is 0.429. The Balaban J connectivity index is 1.90. The maximum atomic E-state index is 11.2. The lowest BCUT2D eigenvalue weighted by Gasteiger charge is -2.14. The number of hydrogen-bond donors (Lipinski definition) is 1. The van der Waals surface area contributed by atoms with Crippen LogP contribution in [0.4, 0.5) is 0 Å². The van der Waals surface area contributed by atoms with E-state index in [9.17, 15) is 9.90 Å². The highest BCUT2D eigenvalue weighted by Gasteiger charge is 2.55. The second kappa shape index (κ2) is 2.84. The molecule has 4 unspecified atom stereocenters. The summed E-state index contributed by atoms with van der Waals surface area (Å²) in [7, 11) is 0. The Bertz CT molecular complexity index is 259. The SMILES string of the molecule is C=C(C)C(=O)OC1CC(O)C2CC12. The van der Waals surface area contributed by atoms with Crippen LogP contribution in [0.1, 0.15) is 19.8 Å². The highest BCUT2D eigenvalue weighted by Crippen LogP contribution is 2.53. The molecule has 0 bridgehead atoms. The Labute approximate surface area is 77.4 Å². The molecule has 0 heterocycles. The predicted molar refractivity (Wildman–Crippen MR) is 46.9 cm³/mol. The van der Waals surface area contributed by atoms with Gasteiger partial charge in [-0.05, 0) is 19.3 Å². The van der Waals surface area contributed by atoms with E-state index in [1.54, 1.807) is 6.92 Å². The van der Waals surface area contributed by atoms with Gasteiger partial charge in [0.15, 0.2) is 0 Å². The number of aliphatic hydroxyl groups excluding tert-OH is 1. The minimum atomic E-state index is -0.329. The van der Waals surface area contributed by atoms with E-state index in [4.69, 9.17) is 4.74 Å². The molecule has 0 saturated heterocycles. The summed E-state index contributed by atoms with van der Waals surface area (Å²) in [6, 6.07) is 0. The van der Waals surface area contributed by atoms with Gasteiger partial charge in [0.1, 0.15) is 6.10 Å². The highest BCUT2D eigenvalue weighted by molar-refractivity contribution is 5.87. The zero-order chi connectivity index (χ0) is 9.59. The summed E-state index contributed by atoms with van der Waals surface area (Å²) in [5.74, 6) is 0.478. The molecule has 0 aromatic carbocycles. The number of esters is 1. The van der Waals surface area contributed by atoms with Crippen molar-refractivity contribution in [2.45, 2.75) is 32.0 Å². The van der Waals surface area contributed by atoms with Gasteiger partial charge in [0, 0.05) is 17.9 Å². The number of rotatable bonds is 2. The molecule has 4 atom stereocenters. The van der Waals surface area contributed by atoms with E-state index < -0.39 is 0 Å². The third-order valence-corrected chi connectivity index (χ3v) is 2.94. The number of carbonyl (C=O) groups excluding carboxylic acids is 1. The van der Waals surface area contributed by atoms with Gasteiger partial charge in [-0.25, -0.2) is 4.79 Å². The zero-order valence-corrected chi connectivity index (χ0v) is 7.69. The predicted octanol–water partition coefficient (Wildman–Crippen LogP) is 0.875. The Hall–Kier alpha value is -0.830. The van der Waals surface area contributed by atoms with Crippen LogP contribution in [0, 0.1) is 11.8 Å². The number of carbonyl (C=O) groups is 1. The van der Waals surface area contributed by atoms with Crippen LogP contribution < -0.4 is 0 Å². The molecule has 72 valence electrons. The monoisotopic (exact) mass is 182 g/mol. The smallest absolute Gasteiger partial charge is 0.333 e. The molecule has 0 aliphatic heterocycles. The van der Waals surface area contributed by atoms with Crippen molar-refractivity contribution in [3.63, 3.8) is 0 Å². The van der Waals surface area contributed by atoms with Crippen molar-refractivity contribution in [2.24, 2.45) is 11.8 Å². The summed E-state index contributed by atoms with van der Waals surface area (Å²) in [4.78, 5) is 11.2. The van der Waals surface area contributed by atoms with Gasteiger partial charge in [-0.15, -0.1) is 0 Å². The Morgan fingerprint density at radius 1 is 1.46 bits per heavy atom. The summed E-state index contributed by atoms with van der Waals surface area (Å²) in [6.45, 7) is 5.15. The van der Waals surface area contributed by atoms with E-state index in [0.717, 1.165) is 6.42 Å². The normalized spacial score (nSPS) is 41.1. The van der Waals surface area contributed by atoms with Gasteiger partial charge in [0.05, 0.1) is 6.10 Å². The lowest BCUT2D eigenvalue weighted by Crippen LogP contribution is -2.20. The highest BCUT2D eigenvalue weighted by atomic mass is 16.5. The van der Waals surface area contributed by atoms with E-state index in [2.05, 4.69) is 6.58 Å². The Morgan fingerprint density at radius 3 is 2.54 bits per heavy atom. The third kappa shape index (κ3) is 1.48. The van der Waals surface area contributed by atoms with Gasteiger partial charge in [-0.3, -0.25) is 0 Å². The van der Waals surface area contributed by atoms with E-state index in [0.29, 0.717) is 23.8 Å². The maximum absolute atomic E-state index is 11.2. The fourth-order valence-corrected chi connectivity index (χ4v) is 2.07. The summed E-state index contributed by atoms with van der Waals surface area (Å²) >= 11 is 0. The van der Waals surface area contributed by atoms with Gasteiger partial charge in [0.2, 0.25) is 0 Å². The van der Waals surface area contributed by atoms with Crippen LogP contribution in [0.2, 0.25) is 0 Å². The van der Waals surface area contributed by atoms with Crippen molar-refractivity contribution in [2.75, 3.05) is 0 Å². The van der Waals surface area contributed by atoms with E-state index in [1.807, 2.05) is 0 Å². The van der Waals surface area contributed by atoms with Gasteiger partial charge >= 0.3 is 5.97 Å². The maximum Gasteiger partial charge on any atom is 0.333 e. The lowest BCUT2D eigenvalue weighted by molar-refractivity contribution is -0.145. The first-order chi connectivity index (χ1) is 6.09. The van der Waals surface area contributed by atoms with Gasteiger partial charge < -0.3 is 9.84 Å². The largest absolute Gasteiger partial charge is 0.459 e. The van der Waals surface area contributed by atoms with Crippen molar-refractivity contribution in [1.29, 1.82) is 0 Å². The first kappa shape index (κ1) is 8.75. The zero-order valence-electron chi connectivity index (χ0n) is 7.69. The average molecular weight is 182 g/mol. The van der Waals surface area contributed by atoms with Crippen LogP contribution >= 0.6 is 0 Å². The van der Waals surface area contributed by atoms with E-state index >= 15 is 0 Å². The van der Waals surface area contributed by atoms with Crippen molar-refractivity contribution in [3.8, 4) is 0 Å². The molecule has 0 spiro atoms. The van der Waals surface area contributed by atoms with Crippen molar-refractivity contribution in [3.05, 3.63) is 12.2 Å². The van der Waals surface area contributed by atoms with Crippen molar-refractivity contribution >= 4 is 5.97 Å². The quantitative estimate of drug-likeness (QED) is 0.509. The first-order valence-electron chi connectivity index (χ1n) is 4.64. The molecular formula is C10H14O3. The molecule has 3 heteroatoms. The molecule has 2 rings (SSSR count). The van der Waals surface area contributed by atoms with Crippen molar-refractivity contribution in [1.82, 2.24) is 0 Å². The summed E-state index contributed by atoms with van der Waals surface area (Å²) < 4.78 is 5.20. The topological polar surface area (TPSA) is 46.5 Å². The van der Waals surface area contributed by atoms with Gasteiger partial charge in [0.25, 0.3) is 0 Å². The first-order valence-corrected chi connectivity index (χ1v) is 4.64. The molecule has 1 N–H and O–H groups in total. The van der Waals surface area contributed by atoms with Crippen LogP contribution in [0.25, 0.3) is 0 Å². The van der Waals surface area contributed by atoms with Gasteiger partial charge in [-0.2, -0.15) is 0 Å². The number of hydrogen-bond acceptors (Lipinski definition) is 3. The molecule has 0 aromatic heterocycles. The molecule has 0 radical (unpaired) electrons. The molecule has 0 amide bonds. The molecule has 2 aliphatic carbocycles. The van der Waals surface area contributed by atoms with Crippen LogP contribution in [0.5, 0.6) is 0 Å². The van der Waals surface area contributed by atoms with Gasteiger partial charge in [-0.1, -0.05) is 6.58 Å². The molecule has 2 fully saturated rings. The standard InChI is InChI=1S/C10H14O3/c1-5(2)10(12)13-9-4-8(11)6-3-7(6)9/h6-9,11H,1,3-4H2,2H3. The number of ether oxygens (including phenoxy) is 1. The summed E-state index contributed by atoms with van der Waals surface area (Å²) in [5, 5.41) is 9.45. The number of fused-ring (bicyclic) bond motifs is 1. The third-order valence-electron chi connectivity index (χ3n) is 2.94. The molecular weight excluding hydrogens is 168 g/mol. The fourth-order valence-electron chi connectivity index (χ4n) is 2.07. The lowest BCUT2D eigenvalue weighted by atomic mass is 10.2. The molecule has 3 nitrogen and oxygen atoms in total. The molecule has 2 aliphatic rings. The minimum absolute atomic E-state index is 0.0656. The molecule has 0 aromatic rings. The van der Waals surface area contributed by atoms with Crippen LogP contribution in [-0.2, 0) is 9.53 Å². The molecule has 13 heavy (non-hydrogen) atoms. The fraction of sp³-hybridized carbons (Fsp3) is 0.700. The van der Waals surface area contributed by atoms with Crippen molar-refractivity contribution < 1.29 is 14.6 Å². The van der Waals surface area contributed by atoms with E-state index in [-0.39, 0.29) is 18.2 Å². The Morgan fingerprint density at radius 2 is 2.15 bits per heavy atom. The average Bonchev–Trinajstić information content (AvgIpc) is 2.76. The Kier molecular flexibility index (Phi) is 1.91. The second-order valence-corrected chi connectivity index (χ2v) is 4.09. The second-order valence-electron chi connectivity index (χ2n) is 4.09. The number of aliphatic hydroxyl groups is 1. The minimum Gasteiger partial charge on any atom is -0.459 e. The molecule has 2 saturated carbocycles. The van der Waals surface area contributed by atoms with Crippen LogP contribution in [0.15, 0.2) is 12.2 Å².